The van der Waals surface area contributed by atoms with E-state index in [1.165, 1.54) is 6.92 Å². The molecule has 0 atom stereocenters. The molecule has 1 heterocycles. The average molecular weight is 347 g/mol. The van der Waals surface area contributed by atoms with Gasteiger partial charge in [0, 0.05) is 0 Å². The molecule has 0 saturated heterocycles. The summed E-state index contributed by atoms with van der Waals surface area (Å²) in [6.45, 7) is -0.456. The second kappa shape index (κ2) is 6.68. The number of nitrogens with two attached hydrogens (primary N) is 1. The highest BCUT2D eigenvalue weighted by molar-refractivity contribution is 7.91. The molecule has 12 heteroatoms. The summed E-state index contributed by atoms with van der Waals surface area (Å²) in [5.74, 6) is -0.646. The van der Waals surface area contributed by atoms with Gasteiger partial charge in [-0.3, -0.25) is 4.79 Å². The zero-order chi connectivity index (χ0) is 16.3. The van der Waals surface area contributed by atoms with Crippen LogP contribution in [-0.4, -0.2) is 38.7 Å². The van der Waals surface area contributed by atoms with Gasteiger partial charge in [0.25, 0.3) is 0 Å². The minimum absolute atomic E-state index is 0.00246. The maximum Gasteiger partial charge on any atom is 0.411 e. The number of hydrogen-bond donors (Lipinski definition) is 2. The van der Waals surface area contributed by atoms with Gasteiger partial charge in [-0.25, -0.2) is 18.5 Å². The number of nitrogens with one attached hydrogen (secondary N) is 1. The zero-order valence-electron chi connectivity index (χ0n) is 10.7. The predicted molar refractivity (Wildman–Crippen MR) is 68.3 cm³/mol. The molecule has 0 aliphatic heterocycles. The van der Waals surface area contributed by atoms with Gasteiger partial charge in [0.05, 0.1) is 18.7 Å². The van der Waals surface area contributed by atoms with Crippen molar-refractivity contribution < 1.29 is 31.1 Å². The van der Waals surface area contributed by atoms with E-state index >= 15 is 0 Å². The first-order chi connectivity index (χ1) is 9.49. The molecule has 120 valence electrons. The Hall–Kier alpha value is -1.24. The number of aromatic nitrogens is 1. The van der Waals surface area contributed by atoms with Gasteiger partial charge in [0.2, 0.25) is 15.9 Å². The number of primary sulfonamides is 1. The summed E-state index contributed by atoms with van der Waals surface area (Å²) in [6, 6.07) is 0. The summed E-state index contributed by atoms with van der Waals surface area (Å²) in [7, 11) is -3.93. The number of halogens is 3. The van der Waals surface area contributed by atoms with Crippen LogP contribution in [0.15, 0.2) is 4.21 Å². The highest BCUT2D eigenvalue weighted by atomic mass is 32.2. The van der Waals surface area contributed by atoms with Crippen LogP contribution in [0.4, 0.5) is 18.3 Å². The molecule has 0 bridgehead atoms. The Morgan fingerprint density at radius 3 is 2.57 bits per heavy atom. The minimum Gasteiger partial charge on any atom is -0.372 e. The predicted octanol–water partition coefficient (Wildman–Crippen LogP) is 1.01. The Labute approximate surface area is 122 Å². The molecule has 1 rings (SSSR count). The van der Waals surface area contributed by atoms with Crippen LogP contribution in [0, 0.1) is 6.92 Å². The van der Waals surface area contributed by atoms with Crippen molar-refractivity contribution in [1.29, 1.82) is 0 Å². The van der Waals surface area contributed by atoms with Crippen LogP contribution in [-0.2, 0) is 19.6 Å². The van der Waals surface area contributed by atoms with Crippen molar-refractivity contribution in [3.8, 4) is 0 Å². The quantitative estimate of drug-likeness (QED) is 0.746. The standard InChI is InChI=1S/C9H12F3N3O4S2/c1-5-7(21(13,17)18)20-8(14-5)15-6(16)2-3-19-4-9(10,11)12/h2-4H2,1H3,(H2,13,17,18)(H,14,15,16). The Morgan fingerprint density at radius 2 is 2.10 bits per heavy atom. The maximum atomic E-state index is 11.8. The fourth-order valence-electron chi connectivity index (χ4n) is 1.23. The van der Waals surface area contributed by atoms with Crippen LogP contribution in [0.5, 0.6) is 0 Å². The van der Waals surface area contributed by atoms with Crippen LogP contribution in [0.1, 0.15) is 12.1 Å². The molecular formula is C9H12F3N3O4S2. The fraction of sp³-hybridized carbons (Fsp3) is 0.556. The topological polar surface area (TPSA) is 111 Å². The molecule has 7 nitrogen and oxygen atoms in total. The summed E-state index contributed by atoms with van der Waals surface area (Å²) in [5.41, 5.74) is 0.131. The summed E-state index contributed by atoms with van der Waals surface area (Å²) in [4.78, 5) is 15.2. The number of carbonyl (C=O) groups excluding carboxylic acids is 1. The number of alkyl halides is 3. The first-order valence-corrected chi connectivity index (χ1v) is 7.80. The molecule has 0 fully saturated rings. The number of anilines is 1. The third-order valence-corrected chi connectivity index (χ3v) is 4.62. The van der Waals surface area contributed by atoms with Crippen LogP contribution in [0.25, 0.3) is 0 Å². The van der Waals surface area contributed by atoms with Crippen LogP contribution in [0.3, 0.4) is 0 Å². The minimum atomic E-state index is -4.45. The molecule has 1 aromatic rings. The largest absolute Gasteiger partial charge is 0.411 e. The molecule has 0 spiro atoms. The number of amides is 1. The lowest BCUT2D eigenvalue weighted by Gasteiger charge is -2.07. The van der Waals surface area contributed by atoms with E-state index < -0.39 is 35.3 Å². The van der Waals surface area contributed by atoms with Crippen LogP contribution < -0.4 is 10.5 Å². The fourth-order valence-corrected chi connectivity index (χ4v) is 3.11. The van der Waals surface area contributed by atoms with E-state index in [2.05, 4.69) is 15.0 Å². The Morgan fingerprint density at radius 1 is 1.48 bits per heavy atom. The number of hydrogen-bond acceptors (Lipinski definition) is 6. The van der Waals surface area contributed by atoms with Crippen molar-refractivity contribution in [2.45, 2.75) is 23.7 Å². The second-order valence-electron chi connectivity index (χ2n) is 3.90. The van der Waals surface area contributed by atoms with Crippen molar-refractivity contribution in [3.05, 3.63) is 5.69 Å². The number of nitrogens with zero attached hydrogens (tertiary/aromatic N) is 1. The summed E-state index contributed by atoms with van der Waals surface area (Å²) in [5, 5.41) is 7.20. The Bertz CT molecular complexity index is 612. The molecule has 21 heavy (non-hydrogen) atoms. The van der Waals surface area contributed by atoms with Gasteiger partial charge in [-0.1, -0.05) is 11.3 Å². The number of sulfonamides is 1. The molecule has 0 unspecified atom stereocenters. The Balaban J connectivity index is 2.49. The third-order valence-electron chi connectivity index (χ3n) is 2.00. The second-order valence-corrected chi connectivity index (χ2v) is 6.66. The van der Waals surface area contributed by atoms with Crippen LogP contribution in [0.2, 0.25) is 0 Å². The number of carbonyl (C=O) groups is 1. The van der Waals surface area contributed by atoms with Gasteiger partial charge in [-0.2, -0.15) is 13.2 Å². The molecule has 0 saturated carbocycles. The molecule has 1 amide bonds. The van der Waals surface area contributed by atoms with Crippen molar-refractivity contribution in [2.75, 3.05) is 18.5 Å². The number of thiazole rings is 1. The van der Waals surface area contributed by atoms with E-state index in [-0.39, 0.29) is 21.5 Å². The molecule has 0 radical (unpaired) electrons. The normalized spacial score (nSPS) is 12.4. The molecule has 1 aromatic heterocycles. The number of ether oxygens (including phenoxy) is 1. The van der Waals surface area contributed by atoms with Crippen molar-refractivity contribution >= 4 is 32.4 Å². The van der Waals surface area contributed by atoms with E-state index in [4.69, 9.17) is 5.14 Å². The maximum absolute atomic E-state index is 11.8. The molecule has 0 aromatic carbocycles. The first kappa shape index (κ1) is 17.8. The average Bonchev–Trinajstić information content (AvgIpc) is 2.64. The first-order valence-electron chi connectivity index (χ1n) is 5.43. The highest BCUT2D eigenvalue weighted by Crippen LogP contribution is 2.25. The van der Waals surface area contributed by atoms with Crippen molar-refractivity contribution in [1.82, 2.24) is 4.98 Å². The van der Waals surface area contributed by atoms with Gasteiger partial charge < -0.3 is 10.1 Å². The smallest absolute Gasteiger partial charge is 0.372 e. The number of aryl methyl sites for hydroxylation is 1. The highest BCUT2D eigenvalue weighted by Gasteiger charge is 2.27. The van der Waals surface area contributed by atoms with E-state index in [1.54, 1.807) is 0 Å². The summed E-state index contributed by atoms with van der Waals surface area (Å²) in [6.07, 6.45) is -4.77. The van der Waals surface area contributed by atoms with Gasteiger partial charge in [-0.05, 0) is 6.92 Å². The molecule has 3 N–H and O–H groups in total. The van der Waals surface area contributed by atoms with Crippen molar-refractivity contribution in [2.24, 2.45) is 5.14 Å². The lowest BCUT2D eigenvalue weighted by atomic mass is 10.4. The van der Waals surface area contributed by atoms with E-state index in [0.29, 0.717) is 11.3 Å². The zero-order valence-corrected chi connectivity index (χ0v) is 12.4. The lowest BCUT2D eigenvalue weighted by molar-refractivity contribution is -0.174. The van der Waals surface area contributed by atoms with Gasteiger partial charge >= 0.3 is 6.18 Å². The van der Waals surface area contributed by atoms with Gasteiger partial charge in [-0.15, -0.1) is 0 Å². The molecular weight excluding hydrogens is 335 g/mol. The van der Waals surface area contributed by atoms with Crippen molar-refractivity contribution in [3.63, 3.8) is 0 Å². The van der Waals surface area contributed by atoms with Crippen LogP contribution >= 0.6 is 11.3 Å². The SMILES string of the molecule is Cc1nc(NC(=O)CCOCC(F)(F)F)sc1S(N)(=O)=O. The Kier molecular flexibility index (Phi) is 5.67. The van der Waals surface area contributed by atoms with E-state index in [0.717, 1.165) is 0 Å². The van der Waals surface area contributed by atoms with Gasteiger partial charge in [0.1, 0.15) is 6.61 Å². The van der Waals surface area contributed by atoms with E-state index in [9.17, 15) is 26.4 Å². The number of rotatable bonds is 6. The molecule has 0 aliphatic carbocycles. The molecule has 0 aliphatic rings. The summed E-state index contributed by atoms with van der Waals surface area (Å²) < 4.78 is 61.8. The summed E-state index contributed by atoms with van der Waals surface area (Å²) >= 11 is 0.661. The third kappa shape index (κ3) is 6.37. The van der Waals surface area contributed by atoms with Gasteiger partial charge in [0.15, 0.2) is 9.34 Å². The van der Waals surface area contributed by atoms with E-state index in [1.807, 2.05) is 0 Å². The monoisotopic (exact) mass is 347 g/mol. The lowest BCUT2D eigenvalue weighted by Crippen LogP contribution is -2.20.